The summed E-state index contributed by atoms with van der Waals surface area (Å²) in [6.45, 7) is 3.41. The fourth-order valence-electron chi connectivity index (χ4n) is 3.68. The molecule has 0 bridgehead atoms. The van der Waals surface area contributed by atoms with Gasteiger partial charge < -0.3 is 14.8 Å². The number of aryl methyl sites for hydroxylation is 1. The van der Waals surface area contributed by atoms with E-state index in [4.69, 9.17) is 9.47 Å². The van der Waals surface area contributed by atoms with E-state index in [2.05, 4.69) is 10.3 Å². The molecular formula is C25H28N2O5S. The highest BCUT2D eigenvalue weighted by Crippen LogP contribution is 2.44. The lowest BCUT2D eigenvalue weighted by Gasteiger charge is -2.31. The zero-order valence-electron chi connectivity index (χ0n) is 19.2. The minimum atomic E-state index is -3.92. The van der Waals surface area contributed by atoms with E-state index in [9.17, 15) is 13.2 Å². The van der Waals surface area contributed by atoms with Crippen LogP contribution in [0.4, 0.5) is 5.69 Å². The molecule has 33 heavy (non-hydrogen) atoms. The molecule has 1 heterocycles. The first-order valence-corrected chi connectivity index (χ1v) is 11.9. The molecule has 0 aliphatic heterocycles. The van der Waals surface area contributed by atoms with Crippen LogP contribution in [0.1, 0.15) is 31.0 Å². The van der Waals surface area contributed by atoms with Crippen molar-refractivity contribution in [2.75, 3.05) is 19.5 Å². The molecule has 0 spiro atoms. The predicted octanol–water partition coefficient (Wildman–Crippen LogP) is 4.52. The SMILES string of the molecule is COc1ccc(OC)c(C(C)(CCC(=O)Nc2cccnc2C)S(=O)(=O)c2ccccc2)c1. The third-order valence-corrected chi connectivity index (χ3v) is 8.24. The van der Waals surface area contributed by atoms with Gasteiger partial charge in [0.25, 0.3) is 0 Å². The molecule has 1 N–H and O–H groups in total. The Labute approximate surface area is 194 Å². The number of sulfone groups is 1. The molecule has 0 aliphatic carbocycles. The van der Waals surface area contributed by atoms with Crippen LogP contribution in [0.2, 0.25) is 0 Å². The summed E-state index contributed by atoms with van der Waals surface area (Å²) in [6, 6.07) is 16.7. The highest BCUT2D eigenvalue weighted by molar-refractivity contribution is 7.92. The second-order valence-electron chi connectivity index (χ2n) is 7.80. The van der Waals surface area contributed by atoms with Gasteiger partial charge >= 0.3 is 0 Å². The summed E-state index contributed by atoms with van der Waals surface area (Å²) in [4.78, 5) is 17.1. The number of benzene rings is 2. The molecule has 1 unspecified atom stereocenters. The first-order chi connectivity index (χ1) is 15.7. The van der Waals surface area contributed by atoms with Crippen LogP contribution in [0.15, 0.2) is 71.8 Å². The number of nitrogens with zero attached hydrogens (tertiary/aromatic N) is 1. The van der Waals surface area contributed by atoms with E-state index in [1.165, 1.54) is 14.2 Å². The normalized spacial score (nSPS) is 13.1. The van der Waals surface area contributed by atoms with Crippen molar-refractivity contribution in [1.82, 2.24) is 4.98 Å². The van der Waals surface area contributed by atoms with E-state index in [0.29, 0.717) is 28.4 Å². The molecule has 0 radical (unpaired) electrons. The van der Waals surface area contributed by atoms with E-state index in [1.54, 1.807) is 80.7 Å². The molecule has 2 aromatic carbocycles. The lowest BCUT2D eigenvalue weighted by Crippen LogP contribution is -2.34. The average Bonchev–Trinajstić information content (AvgIpc) is 2.84. The van der Waals surface area contributed by atoms with Gasteiger partial charge in [0.2, 0.25) is 5.91 Å². The number of hydrogen-bond acceptors (Lipinski definition) is 6. The zero-order chi connectivity index (χ0) is 24.1. The molecule has 0 fully saturated rings. The van der Waals surface area contributed by atoms with Gasteiger partial charge in [-0.1, -0.05) is 18.2 Å². The van der Waals surface area contributed by atoms with Crippen LogP contribution in [0.3, 0.4) is 0 Å². The second-order valence-corrected chi connectivity index (χ2v) is 10.2. The lowest BCUT2D eigenvalue weighted by atomic mass is 9.93. The van der Waals surface area contributed by atoms with Crippen molar-refractivity contribution in [1.29, 1.82) is 0 Å². The van der Waals surface area contributed by atoms with Crippen molar-refractivity contribution in [3.8, 4) is 11.5 Å². The largest absolute Gasteiger partial charge is 0.497 e. The van der Waals surface area contributed by atoms with Crippen LogP contribution in [-0.2, 0) is 19.4 Å². The summed E-state index contributed by atoms with van der Waals surface area (Å²) in [5.74, 6) is 0.597. The van der Waals surface area contributed by atoms with Gasteiger partial charge in [-0.2, -0.15) is 0 Å². The lowest BCUT2D eigenvalue weighted by molar-refractivity contribution is -0.116. The van der Waals surface area contributed by atoms with E-state index < -0.39 is 14.6 Å². The smallest absolute Gasteiger partial charge is 0.224 e. The summed E-state index contributed by atoms with van der Waals surface area (Å²) in [7, 11) is -0.919. The molecule has 3 aromatic rings. The Hall–Kier alpha value is -3.39. The van der Waals surface area contributed by atoms with Gasteiger partial charge in [-0.3, -0.25) is 9.78 Å². The molecular weight excluding hydrogens is 440 g/mol. The van der Waals surface area contributed by atoms with Gasteiger partial charge in [-0.05, 0) is 62.7 Å². The maximum absolute atomic E-state index is 13.9. The van der Waals surface area contributed by atoms with Gasteiger partial charge in [-0.15, -0.1) is 0 Å². The van der Waals surface area contributed by atoms with Crippen LogP contribution in [-0.4, -0.2) is 33.5 Å². The van der Waals surface area contributed by atoms with Crippen LogP contribution < -0.4 is 14.8 Å². The number of carbonyl (C=O) groups excluding carboxylic acids is 1. The van der Waals surface area contributed by atoms with Crippen LogP contribution in [0, 0.1) is 6.92 Å². The number of hydrogen-bond donors (Lipinski definition) is 1. The van der Waals surface area contributed by atoms with Crippen molar-refractivity contribution in [2.45, 2.75) is 36.3 Å². The third-order valence-electron chi connectivity index (χ3n) is 5.73. The Bertz CT molecular complexity index is 1230. The molecule has 8 heteroatoms. The number of anilines is 1. The number of pyridine rings is 1. The minimum absolute atomic E-state index is 0.0267. The van der Waals surface area contributed by atoms with E-state index in [0.717, 1.165) is 0 Å². The summed E-state index contributed by atoms with van der Waals surface area (Å²) < 4.78 is 37.2. The van der Waals surface area contributed by atoms with E-state index in [1.807, 2.05) is 0 Å². The van der Waals surface area contributed by atoms with Crippen LogP contribution >= 0.6 is 0 Å². The molecule has 1 atom stereocenters. The highest BCUT2D eigenvalue weighted by Gasteiger charge is 2.44. The third kappa shape index (κ3) is 5.01. The monoisotopic (exact) mass is 468 g/mol. The molecule has 0 saturated heterocycles. The number of nitrogens with one attached hydrogen (secondary N) is 1. The number of rotatable bonds is 9. The van der Waals surface area contributed by atoms with Crippen molar-refractivity contribution in [3.63, 3.8) is 0 Å². The van der Waals surface area contributed by atoms with Gasteiger partial charge in [-0.25, -0.2) is 8.42 Å². The van der Waals surface area contributed by atoms with Gasteiger partial charge in [0.1, 0.15) is 16.2 Å². The number of aromatic nitrogens is 1. The van der Waals surface area contributed by atoms with Crippen LogP contribution in [0.25, 0.3) is 0 Å². The predicted molar refractivity (Wildman–Crippen MR) is 127 cm³/mol. The van der Waals surface area contributed by atoms with Gasteiger partial charge in [0.05, 0.1) is 30.5 Å². The summed E-state index contributed by atoms with van der Waals surface area (Å²) in [6.07, 6.45) is 1.64. The number of ether oxygens (including phenoxy) is 2. The first kappa shape index (κ1) is 24.3. The standard InChI is InChI=1S/C25H28N2O5S/c1-18-22(11-8-16-26-18)27-24(28)14-15-25(2,33(29,30)20-9-6-5-7-10-20)21-17-19(31-3)12-13-23(21)32-4/h5-13,16-17H,14-15H2,1-4H3,(H,27,28). The summed E-state index contributed by atoms with van der Waals surface area (Å²) in [5, 5.41) is 2.82. The Morgan fingerprint density at radius 2 is 1.76 bits per heavy atom. The summed E-state index contributed by atoms with van der Waals surface area (Å²) in [5.41, 5.74) is 1.70. The fraction of sp³-hybridized carbons (Fsp3) is 0.280. The first-order valence-electron chi connectivity index (χ1n) is 10.5. The van der Waals surface area contributed by atoms with Crippen LogP contribution in [0.5, 0.6) is 11.5 Å². The van der Waals surface area contributed by atoms with Crippen molar-refractivity contribution >= 4 is 21.4 Å². The molecule has 0 saturated carbocycles. The van der Waals surface area contributed by atoms with Crippen molar-refractivity contribution < 1.29 is 22.7 Å². The fourth-order valence-corrected chi connectivity index (χ4v) is 5.54. The second kappa shape index (κ2) is 10.0. The molecule has 0 aliphatic rings. The molecule has 1 amide bonds. The quantitative estimate of drug-likeness (QED) is 0.496. The van der Waals surface area contributed by atoms with E-state index >= 15 is 0 Å². The molecule has 1 aromatic heterocycles. The Kier molecular flexibility index (Phi) is 7.38. The van der Waals surface area contributed by atoms with Crippen molar-refractivity contribution in [2.24, 2.45) is 0 Å². The van der Waals surface area contributed by atoms with E-state index in [-0.39, 0.29) is 23.6 Å². The van der Waals surface area contributed by atoms with Gasteiger partial charge in [0.15, 0.2) is 9.84 Å². The molecule has 3 rings (SSSR count). The van der Waals surface area contributed by atoms with Gasteiger partial charge in [0, 0.05) is 18.2 Å². The average molecular weight is 469 g/mol. The Balaban J connectivity index is 2.03. The Morgan fingerprint density at radius 1 is 1.03 bits per heavy atom. The number of amides is 1. The highest BCUT2D eigenvalue weighted by atomic mass is 32.2. The maximum Gasteiger partial charge on any atom is 0.224 e. The number of methoxy groups -OCH3 is 2. The topological polar surface area (TPSA) is 94.6 Å². The minimum Gasteiger partial charge on any atom is -0.497 e. The van der Waals surface area contributed by atoms with Crippen molar-refractivity contribution in [3.05, 3.63) is 78.1 Å². The maximum atomic E-state index is 13.9. The zero-order valence-corrected chi connectivity index (χ0v) is 20.0. The Morgan fingerprint density at radius 3 is 2.39 bits per heavy atom. The molecule has 7 nitrogen and oxygen atoms in total. The summed E-state index contributed by atoms with van der Waals surface area (Å²) >= 11 is 0. The number of carbonyl (C=O) groups is 1. The molecule has 174 valence electrons.